The summed E-state index contributed by atoms with van der Waals surface area (Å²) < 4.78 is 0. The van der Waals surface area contributed by atoms with Crippen molar-refractivity contribution in [3.8, 4) is 0 Å². The Balaban J connectivity index is 1.64. The Labute approximate surface area is 171 Å². The van der Waals surface area contributed by atoms with E-state index in [0.717, 1.165) is 43.4 Å². The highest BCUT2D eigenvalue weighted by molar-refractivity contribution is 5.76. The minimum absolute atomic E-state index is 0.143. The molecule has 4 aliphatic rings. The van der Waals surface area contributed by atoms with Gasteiger partial charge in [0.1, 0.15) is 0 Å². The predicted octanol–water partition coefficient (Wildman–Crippen LogP) is 5.90. The topological polar surface area (TPSA) is 57.5 Å². The van der Waals surface area contributed by atoms with Gasteiger partial charge in [-0.1, -0.05) is 40.5 Å². The molecule has 0 saturated heterocycles. The van der Waals surface area contributed by atoms with Crippen molar-refractivity contribution >= 4 is 5.97 Å². The summed E-state index contributed by atoms with van der Waals surface area (Å²) in [6, 6.07) is 0. The largest absolute Gasteiger partial charge is 0.481 e. The maximum atomic E-state index is 12.5. The van der Waals surface area contributed by atoms with Crippen LogP contribution in [0.5, 0.6) is 0 Å². The van der Waals surface area contributed by atoms with E-state index in [-0.39, 0.29) is 5.41 Å². The molecule has 0 aromatic rings. The zero-order valence-electron chi connectivity index (χ0n) is 18.5. The number of hydrogen-bond acceptors (Lipinski definition) is 2. The van der Waals surface area contributed by atoms with Crippen LogP contribution in [0.4, 0.5) is 0 Å². The van der Waals surface area contributed by atoms with Crippen molar-refractivity contribution in [2.75, 3.05) is 0 Å². The summed E-state index contributed by atoms with van der Waals surface area (Å²) >= 11 is 0. The van der Waals surface area contributed by atoms with Gasteiger partial charge in [0, 0.05) is 0 Å². The second kappa shape index (κ2) is 7.00. The number of aliphatic carboxylic acids is 1. The number of aliphatic hydroxyl groups excluding tert-OH is 1. The molecule has 4 fully saturated rings. The maximum absolute atomic E-state index is 12.5. The molecule has 2 N–H and O–H groups in total. The first-order valence-corrected chi connectivity index (χ1v) is 12.1. The van der Waals surface area contributed by atoms with Crippen molar-refractivity contribution in [3.63, 3.8) is 0 Å². The minimum atomic E-state index is -0.701. The summed E-state index contributed by atoms with van der Waals surface area (Å²) in [5.74, 6) is 3.05. The summed E-state index contributed by atoms with van der Waals surface area (Å²) in [7, 11) is 0. The standard InChI is InChI=1S/C25H42O3/c1-5-6-16(2)19-7-8-20-18-10-14-25(22(27)28)15-17(26)9-13-24(25,4)21(18)11-12-23(19,20)3/h16-21,26H,5-15H2,1-4H3,(H,27,28)/t16-,17+,18+,19-,20+,21+,23-,24-,25?/m1/s1. The van der Waals surface area contributed by atoms with Crippen LogP contribution < -0.4 is 0 Å². The molecule has 28 heavy (non-hydrogen) atoms. The molecule has 0 amide bonds. The maximum Gasteiger partial charge on any atom is 0.310 e. The average Bonchev–Trinajstić information content (AvgIpc) is 2.99. The number of carboxylic acid groups (broad SMARTS) is 1. The molecule has 9 atom stereocenters. The van der Waals surface area contributed by atoms with E-state index in [1.165, 1.54) is 38.5 Å². The molecule has 3 heteroatoms. The fourth-order valence-electron chi connectivity index (χ4n) is 9.34. The van der Waals surface area contributed by atoms with Crippen molar-refractivity contribution in [2.45, 2.75) is 104 Å². The van der Waals surface area contributed by atoms with Crippen LogP contribution in [-0.4, -0.2) is 22.3 Å². The molecule has 4 saturated carbocycles. The van der Waals surface area contributed by atoms with Crippen molar-refractivity contribution < 1.29 is 15.0 Å². The smallest absolute Gasteiger partial charge is 0.310 e. The number of carbonyl (C=O) groups is 1. The highest BCUT2D eigenvalue weighted by atomic mass is 16.4. The van der Waals surface area contributed by atoms with E-state index in [1.807, 2.05) is 0 Å². The van der Waals surface area contributed by atoms with Gasteiger partial charge in [-0.15, -0.1) is 0 Å². The van der Waals surface area contributed by atoms with Crippen LogP contribution in [0, 0.1) is 45.8 Å². The Kier molecular flexibility index (Phi) is 5.17. The van der Waals surface area contributed by atoms with Gasteiger partial charge in [0.25, 0.3) is 0 Å². The van der Waals surface area contributed by atoms with E-state index in [0.29, 0.717) is 23.7 Å². The first-order valence-electron chi connectivity index (χ1n) is 12.1. The quantitative estimate of drug-likeness (QED) is 0.628. The van der Waals surface area contributed by atoms with Crippen LogP contribution in [-0.2, 0) is 4.79 Å². The van der Waals surface area contributed by atoms with Crippen molar-refractivity contribution in [3.05, 3.63) is 0 Å². The Bertz CT molecular complexity index is 617. The molecule has 0 radical (unpaired) electrons. The molecule has 4 aliphatic carbocycles. The minimum Gasteiger partial charge on any atom is -0.481 e. The molecule has 0 heterocycles. The Hall–Kier alpha value is -0.570. The third kappa shape index (κ3) is 2.67. The van der Waals surface area contributed by atoms with Gasteiger partial charge >= 0.3 is 5.97 Å². The van der Waals surface area contributed by atoms with E-state index in [4.69, 9.17) is 0 Å². The van der Waals surface area contributed by atoms with Gasteiger partial charge in [0.2, 0.25) is 0 Å². The highest BCUT2D eigenvalue weighted by Gasteiger charge is 2.67. The van der Waals surface area contributed by atoms with Gasteiger partial charge in [0.05, 0.1) is 11.5 Å². The summed E-state index contributed by atoms with van der Waals surface area (Å²) in [5.41, 5.74) is -0.383. The lowest BCUT2D eigenvalue weighted by molar-refractivity contribution is -0.202. The number of fused-ring (bicyclic) bond motifs is 5. The molecule has 0 aromatic heterocycles. The lowest BCUT2D eigenvalue weighted by Crippen LogP contribution is -2.62. The second-order valence-corrected chi connectivity index (χ2v) is 11.6. The predicted molar refractivity (Wildman–Crippen MR) is 112 cm³/mol. The number of aliphatic hydroxyl groups is 1. The summed E-state index contributed by atoms with van der Waals surface area (Å²) in [6.45, 7) is 9.67. The molecule has 4 rings (SSSR count). The summed E-state index contributed by atoms with van der Waals surface area (Å²) in [4.78, 5) is 12.5. The SMILES string of the molecule is CCC[C@@H](C)[C@H]1CC[C@H]2[C@@H]3CCC4(C(=O)O)C[C@@H](O)CC[C@]4(C)[C@H]3CC[C@]12C. The van der Waals surface area contributed by atoms with Gasteiger partial charge in [0.15, 0.2) is 0 Å². The highest BCUT2D eigenvalue weighted by Crippen LogP contribution is 2.71. The van der Waals surface area contributed by atoms with Gasteiger partial charge < -0.3 is 10.2 Å². The van der Waals surface area contributed by atoms with E-state index >= 15 is 0 Å². The van der Waals surface area contributed by atoms with Crippen LogP contribution in [0.15, 0.2) is 0 Å². The van der Waals surface area contributed by atoms with Crippen LogP contribution in [0.25, 0.3) is 0 Å². The Morgan fingerprint density at radius 1 is 1.04 bits per heavy atom. The van der Waals surface area contributed by atoms with Crippen LogP contribution in [0.1, 0.15) is 98.3 Å². The van der Waals surface area contributed by atoms with E-state index in [1.54, 1.807) is 0 Å². The van der Waals surface area contributed by atoms with Crippen LogP contribution in [0.3, 0.4) is 0 Å². The molecular weight excluding hydrogens is 348 g/mol. The molecule has 0 spiro atoms. The lowest BCUT2D eigenvalue weighted by atomic mass is 9.39. The summed E-state index contributed by atoms with van der Waals surface area (Å²) in [5, 5.41) is 20.6. The normalized spacial score (nSPS) is 51.7. The monoisotopic (exact) mass is 390 g/mol. The van der Waals surface area contributed by atoms with Gasteiger partial charge in [-0.25, -0.2) is 0 Å². The van der Waals surface area contributed by atoms with E-state index < -0.39 is 17.5 Å². The fraction of sp³-hybridized carbons (Fsp3) is 0.960. The fourth-order valence-corrected chi connectivity index (χ4v) is 9.34. The number of rotatable bonds is 4. The van der Waals surface area contributed by atoms with E-state index in [9.17, 15) is 15.0 Å². The Morgan fingerprint density at radius 2 is 1.79 bits per heavy atom. The first kappa shape index (κ1) is 20.7. The van der Waals surface area contributed by atoms with Crippen molar-refractivity contribution in [1.82, 2.24) is 0 Å². The zero-order chi connectivity index (χ0) is 20.3. The van der Waals surface area contributed by atoms with Crippen LogP contribution >= 0.6 is 0 Å². The molecular formula is C25H42O3. The lowest BCUT2D eigenvalue weighted by Gasteiger charge is -2.64. The van der Waals surface area contributed by atoms with Crippen LogP contribution in [0.2, 0.25) is 0 Å². The van der Waals surface area contributed by atoms with Gasteiger partial charge in [-0.05, 0) is 98.2 Å². The molecule has 1 unspecified atom stereocenters. The first-order chi connectivity index (χ1) is 13.2. The third-order valence-electron chi connectivity index (χ3n) is 10.7. The zero-order valence-corrected chi connectivity index (χ0v) is 18.5. The van der Waals surface area contributed by atoms with Crippen molar-refractivity contribution in [2.24, 2.45) is 45.8 Å². The Morgan fingerprint density at radius 3 is 2.46 bits per heavy atom. The average molecular weight is 391 g/mol. The summed E-state index contributed by atoms with van der Waals surface area (Å²) in [6.07, 6.45) is 11.4. The molecule has 0 aliphatic heterocycles. The molecule has 160 valence electrons. The number of hydrogen-bond donors (Lipinski definition) is 2. The second-order valence-electron chi connectivity index (χ2n) is 11.6. The van der Waals surface area contributed by atoms with Gasteiger partial charge in [-0.2, -0.15) is 0 Å². The number of carboxylic acids is 1. The molecule has 0 bridgehead atoms. The van der Waals surface area contributed by atoms with Crippen molar-refractivity contribution in [1.29, 1.82) is 0 Å². The third-order valence-corrected chi connectivity index (χ3v) is 10.7. The molecule has 3 nitrogen and oxygen atoms in total. The molecule has 0 aromatic carbocycles. The van der Waals surface area contributed by atoms with Gasteiger partial charge in [-0.3, -0.25) is 4.79 Å². The van der Waals surface area contributed by atoms with E-state index in [2.05, 4.69) is 27.7 Å².